The van der Waals surface area contributed by atoms with Crippen molar-refractivity contribution in [3.63, 3.8) is 0 Å². The Morgan fingerprint density at radius 2 is 2.27 bits per heavy atom. The normalized spacial score (nSPS) is 10.3. The molecule has 1 aromatic heterocycles. The lowest BCUT2D eigenvalue weighted by Gasteiger charge is -2.06. The largest absolute Gasteiger partial charge is 0.477 e. The molecule has 0 saturated heterocycles. The molecule has 0 saturated carbocycles. The number of carboxylic acid groups (broad SMARTS) is 1. The Labute approximate surface area is 94.1 Å². The molecule has 0 atom stereocenters. The monoisotopic (exact) mass is 227 g/mol. The van der Waals surface area contributed by atoms with Crippen LogP contribution in [-0.4, -0.2) is 17.6 Å². The second kappa shape index (κ2) is 5.75. The summed E-state index contributed by atoms with van der Waals surface area (Å²) in [6.07, 6.45) is 3.44. The number of thiophene rings is 1. The molecule has 0 aliphatic rings. The average Bonchev–Trinajstić information content (AvgIpc) is 2.55. The molecule has 1 heterocycles. The van der Waals surface area contributed by atoms with E-state index in [9.17, 15) is 4.79 Å². The van der Waals surface area contributed by atoms with Crippen molar-refractivity contribution >= 4 is 23.0 Å². The number of hydrogen-bond acceptors (Lipinski definition) is 3. The van der Waals surface area contributed by atoms with Gasteiger partial charge in [0.05, 0.1) is 5.69 Å². The molecule has 0 unspecified atom stereocenters. The first-order chi connectivity index (χ1) is 7.16. The van der Waals surface area contributed by atoms with Crippen molar-refractivity contribution in [2.75, 3.05) is 11.9 Å². The van der Waals surface area contributed by atoms with E-state index in [0.717, 1.165) is 24.2 Å². The molecular weight excluding hydrogens is 210 g/mol. The zero-order chi connectivity index (χ0) is 11.3. The van der Waals surface area contributed by atoms with Gasteiger partial charge in [0.2, 0.25) is 0 Å². The van der Waals surface area contributed by atoms with E-state index in [2.05, 4.69) is 12.2 Å². The Kier molecular flexibility index (Phi) is 4.62. The molecule has 15 heavy (non-hydrogen) atoms. The van der Waals surface area contributed by atoms with Gasteiger partial charge in [0.1, 0.15) is 4.88 Å². The molecule has 0 aliphatic heterocycles. The smallest absolute Gasteiger partial charge is 0.348 e. The molecule has 0 aliphatic carbocycles. The number of aromatic carboxylic acids is 1. The lowest BCUT2D eigenvalue weighted by atomic mass is 10.2. The van der Waals surface area contributed by atoms with Crippen molar-refractivity contribution in [1.82, 2.24) is 0 Å². The number of anilines is 1. The summed E-state index contributed by atoms with van der Waals surface area (Å²) in [6.45, 7) is 4.94. The molecule has 4 heteroatoms. The van der Waals surface area contributed by atoms with Crippen LogP contribution in [0.1, 0.15) is 41.4 Å². The van der Waals surface area contributed by atoms with E-state index >= 15 is 0 Å². The van der Waals surface area contributed by atoms with Gasteiger partial charge < -0.3 is 10.4 Å². The van der Waals surface area contributed by atoms with Crippen molar-refractivity contribution in [3.8, 4) is 0 Å². The maximum atomic E-state index is 10.9. The molecule has 0 amide bonds. The predicted molar refractivity (Wildman–Crippen MR) is 64.0 cm³/mol. The summed E-state index contributed by atoms with van der Waals surface area (Å²) < 4.78 is 0. The van der Waals surface area contributed by atoms with Gasteiger partial charge in [0.15, 0.2) is 0 Å². The second-order valence-corrected chi connectivity index (χ2v) is 4.44. The molecule has 1 rings (SSSR count). The average molecular weight is 227 g/mol. The highest BCUT2D eigenvalue weighted by molar-refractivity contribution is 7.12. The fraction of sp³-hybridized carbons (Fsp3) is 0.545. The topological polar surface area (TPSA) is 49.3 Å². The van der Waals surface area contributed by atoms with Crippen LogP contribution in [0.4, 0.5) is 5.69 Å². The van der Waals surface area contributed by atoms with Crippen LogP contribution in [0.15, 0.2) is 5.38 Å². The number of rotatable bonds is 6. The van der Waals surface area contributed by atoms with E-state index in [-0.39, 0.29) is 0 Å². The van der Waals surface area contributed by atoms with E-state index in [0.29, 0.717) is 4.88 Å². The van der Waals surface area contributed by atoms with Gasteiger partial charge in [-0.1, -0.05) is 19.8 Å². The van der Waals surface area contributed by atoms with Gasteiger partial charge in [0.25, 0.3) is 0 Å². The Morgan fingerprint density at radius 1 is 1.53 bits per heavy atom. The van der Waals surface area contributed by atoms with Gasteiger partial charge in [-0.25, -0.2) is 4.79 Å². The number of aryl methyl sites for hydroxylation is 1. The summed E-state index contributed by atoms with van der Waals surface area (Å²) in [5.74, 6) is -0.842. The fourth-order valence-electron chi connectivity index (χ4n) is 1.41. The third kappa shape index (κ3) is 3.23. The molecular formula is C11H17NO2S. The van der Waals surface area contributed by atoms with Crippen LogP contribution in [-0.2, 0) is 0 Å². The van der Waals surface area contributed by atoms with Crippen molar-refractivity contribution in [2.24, 2.45) is 0 Å². The standard InChI is InChI=1S/C11H17NO2S/c1-3-4-5-6-12-9-8(2)7-15-10(9)11(13)14/h7,12H,3-6H2,1-2H3,(H,13,14). The summed E-state index contributed by atoms with van der Waals surface area (Å²) in [5.41, 5.74) is 1.82. The van der Waals surface area contributed by atoms with Crippen LogP contribution < -0.4 is 5.32 Å². The minimum atomic E-state index is -0.842. The molecule has 2 N–H and O–H groups in total. The number of nitrogens with one attached hydrogen (secondary N) is 1. The molecule has 0 radical (unpaired) electrons. The molecule has 0 spiro atoms. The third-order valence-corrected chi connectivity index (χ3v) is 3.34. The Morgan fingerprint density at radius 3 is 2.87 bits per heavy atom. The van der Waals surface area contributed by atoms with Gasteiger partial charge in [-0.05, 0) is 24.3 Å². The molecule has 1 aromatic rings. The van der Waals surface area contributed by atoms with Gasteiger partial charge in [-0.2, -0.15) is 0 Å². The zero-order valence-electron chi connectivity index (χ0n) is 9.17. The minimum Gasteiger partial charge on any atom is -0.477 e. The molecule has 0 aromatic carbocycles. The Hall–Kier alpha value is -1.03. The van der Waals surface area contributed by atoms with E-state index in [4.69, 9.17) is 5.11 Å². The highest BCUT2D eigenvalue weighted by Crippen LogP contribution is 2.27. The highest BCUT2D eigenvalue weighted by Gasteiger charge is 2.14. The highest BCUT2D eigenvalue weighted by atomic mass is 32.1. The summed E-state index contributed by atoms with van der Waals surface area (Å²) in [4.78, 5) is 11.3. The molecule has 84 valence electrons. The van der Waals surface area contributed by atoms with E-state index < -0.39 is 5.97 Å². The molecule has 0 bridgehead atoms. The van der Waals surface area contributed by atoms with Crippen LogP contribution in [0.2, 0.25) is 0 Å². The lowest BCUT2D eigenvalue weighted by Crippen LogP contribution is -2.05. The van der Waals surface area contributed by atoms with Crippen molar-refractivity contribution in [1.29, 1.82) is 0 Å². The van der Waals surface area contributed by atoms with Gasteiger partial charge in [-0.15, -0.1) is 11.3 Å². The minimum absolute atomic E-state index is 0.420. The summed E-state index contributed by atoms with van der Waals surface area (Å²) in [5, 5.41) is 14.0. The quantitative estimate of drug-likeness (QED) is 0.733. The molecule has 0 fully saturated rings. The van der Waals surface area contributed by atoms with Crippen LogP contribution in [0.5, 0.6) is 0 Å². The van der Waals surface area contributed by atoms with Gasteiger partial charge >= 0.3 is 5.97 Å². The molecule has 3 nitrogen and oxygen atoms in total. The number of unbranched alkanes of at least 4 members (excludes halogenated alkanes) is 2. The zero-order valence-corrected chi connectivity index (χ0v) is 9.99. The lowest BCUT2D eigenvalue weighted by molar-refractivity contribution is 0.0703. The van der Waals surface area contributed by atoms with E-state index in [1.165, 1.54) is 24.2 Å². The van der Waals surface area contributed by atoms with Crippen LogP contribution in [0.3, 0.4) is 0 Å². The van der Waals surface area contributed by atoms with Gasteiger partial charge in [0, 0.05) is 6.54 Å². The van der Waals surface area contributed by atoms with E-state index in [1.807, 2.05) is 12.3 Å². The van der Waals surface area contributed by atoms with E-state index in [1.54, 1.807) is 0 Å². The number of carboxylic acids is 1. The first-order valence-electron chi connectivity index (χ1n) is 5.22. The van der Waals surface area contributed by atoms with Gasteiger partial charge in [-0.3, -0.25) is 0 Å². The van der Waals surface area contributed by atoms with Crippen LogP contribution >= 0.6 is 11.3 Å². The summed E-state index contributed by atoms with van der Waals surface area (Å²) >= 11 is 1.29. The summed E-state index contributed by atoms with van der Waals surface area (Å²) in [6, 6.07) is 0. The number of carbonyl (C=O) groups is 1. The predicted octanol–water partition coefficient (Wildman–Crippen LogP) is 3.36. The first kappa shape index (κ1) is 12.0. The van der Waals surface area contributed by atoms with Crippen LogP contribution in [0, 0.1) is 6.92 Å². The van der Waals surface area contributed by atoms with Crippen LogP contribution in [0.25, 0.3) is 0 Å². The number of hydrogen-bond donors (Lipinski definition) is 2. The van der Waals surface area contributed by atoms with Crippen molar-refractivity contribution in [2.45, 2.75) is 33.1 Å². The first-order valence-corrected chi connectivity index (χ1v) is 6.10. The Bertz CT molecular complexity index is 333. The fourth-order valence-corrected chi connectivity index (χ4v) is 2.27. The Balaban J connectivity index is 2.58. The maximum Gasteiger partial charge on any atom is 0.348 e. The SMILES string of the molecule is CCCCCNc1c(C)csc1C(=O)O. The second-order valence-electron chi connectivity index (χ2n) is 3.56. The third-order valence-electron chi connectivity index (χ3n) is 2.25. The maximum absolute atomic E-state index is 10.9. The van der Waals surface area contributed by atoms with Crippen molar-refractivity contribution < 1.29 is 9.90 Å². The summed E-state index contributed by atoms with van der Waals surface area (Å²) in [7, 11) is 0. The van der Waals surface area contributed by atoms with Crippen molar-refractivity contribution in [3.05, 3.63) is 15.8 Å².